The minimum absolute atomic E-state index is 0.0970. The van der Waals surface area contributed by atoms with E-state index in [1.807, 2.05) is 31.2 Å². The average Bonchev–Trinajstić information content (AvgIpc) is 2.75. The van der Waals surface area contributed by atoms with Gasteiger partial charge in [0.2, 0.25) is 15.9 Å². The Labute approximate surface area is 183 Å². The van der Waals surface area contributed by atoms with Gasteiger partial charge in [-0.05, 0) is 43.5 Å². The maximum atomic E-state index is 12.8. The molecule has 0 spiro atoms. The first kappa shape index (κ1) is 22.6. The fraction of sp³-hybridized carbons (Fsp3) is 0.409. The molecule has 1 N–H and O–H groups in total. The summed E-state index contributed by atoms with van der Waals surface area (Å²) in [5, 5.41) is 3.51. The molecule has 3 rings (SSSR count). The lowest BCUT2D eigenvalue weighted by atomic mass is 9.98. The molecule has 1 aliphatic rings. The van der Waals surface area contributed by atoms with Crippen molar-refractivity contribution in [1.29, 1.82) is 0 Å². The maximum absolute atomic E-state index is 12.8. The molecule has 0 aromatic heterocycles. The third-order valence-electron chi connectivity index (χ3n) is 5.14. The largest absolute Gasteiger partial charge is 0.494 e. The molecule has 1 unspecified atom stereocenters. The molecule has 162 valence electrons. The van der Waals surface area contributed by atoms with Crippen LogP contribution in [0.1, 0.15) is 30.9 Å². The molecule has 30 heavy (non-hydrogen) atoms. The van der Waals surface area contributed by atoms with E-state index in [1.165, 1.54) is 4.31 Å². The zero-order valence-electron chi connectivity index (χ0n) is 17.0. The zero-order chi connectivity index (χ0) is 21.6. The molecule has 0 radical (unpaired) electrons. The molecule has 0 aliphatic carbocycles. The summed E-state index contributed by atoms with van der Waals surface area (Å²) in [5.41, 5.74) is 1.58. The summed E-state index contributed by atoms with van der Waals surface area (Å²) < 4.78 is 32.7. The summed E-state index contributed by atoms with van der Waals surface area (Å²) in [5.74, 6) is 0.155. The van der Waals surface area contributed by atoms with Crippen LogP contribution in [0.5, 0.6) is 5.75 Å². The molecule has 0 saturated carbocycles. The molecule has 1 saturated heterocycles. The van der Waals surface area contributed by atoms with E-state index in [0.717, 1.165) is 11.3 Å². The Morgan fingerprint density at radius 2 is 1.93 bits per heavy atom. The van der Waals surface area contributed by atoms with Gasteiger partial charge in [0.1, 0.15) is 5.75 Å². The molecule has 1 atom stereocenters. The van der Waals surface area contributed by atoms with Gasteiger partial charge in [-0.2, -0.15) is 0 Å². The summed E-state index contributed by atoms with van der Waals surface area (Å²) >= 11 is 5.87. The third-order valence-corrected chi connectivity index (χ3v) is 7.20. The number of piperidine rings is 1. The number of nitrogens with one attached hydrogen (secondary N) is 1. The van der Waals surface area contributed by atoms with Crippen LogP contribution in [0.2, 0.25) is 5.02 Å². The average molecular weight is 451 g/mol. The summed E-state index contributed by atoms with van der Waals surface area (Å²) in [6.07, 6.45) is 1.33. The standard InChI is InChI=1S/C22H27ClN2O4S/c1-2-29-21-8-4-3-6-18(21)14-24-22(26)19-7-5-13-25(15-19)30(27,28)16-17-9-11-20(23)12-10-17/h3-4,6,8-12,19H,2,5,7,13-16H2,1H3,(H,24,26). The Bertz CT molecular complexity index is 963. The Kier molecular flexibility index (Phi) is 7.75. The fourth-order valence-corrected chi connectivity index (χ4v) is 5.30. The highest BCUT2D eigenvalue weighted by Crippen LogP contribution is 2.23. The molecule has 2 aromatic rings. The van der Waals surface area contributed by atoms with Gasteiger partial charge >= 0.3 is 0 Å². The summed E-state index contributed by atoms with van der Waals surface area (Å²) in [4.78, 5) is 12.7. The molecule has 1 amide bonds. The van der Waals surface area contributed by atoms with E-state index < -0.39 is 10.0 Å². The number of halogens is 1. The van der Waals surface area contributed by atoms with E-state index in [9.17, 15) is 13.2 Å². The van der Waals surface area contributed by atoms with Gasteiger partial charge < -0.3 is 10.1 Å². The topological polar surface area (TPSA) is 75.7 Å². The molecule has 0 bridgehead atoms. The van der Waals surface area contributed by atoms with Gasteiger partial charge in [-0.1, -0.05) is 41.9 Å². The third kappa shape index (κ3) is 5.97. The van der Waals surface area contributed by atoms with Crippen molar-refractivity contribution in [2.75, 3.05) is 19.7 Å². The zero-order valence-corrected chi connectivity index (χ0v) is 18.6. The maximum Gasteiger partial charge on any atom is 0.224 e. The second-order valence-electron chi connectivity index (χ2n) is 7.34. The SMILES string of the molecule is CCOc1ccccc1CNC(=O)C1CCCN(S(=O)(=O)Cc2ccc(Cl)cc2)C1. The molecule has 8 heteroatoms. The van der Waals surface area contributed by atoms with Crippen LogP contribution in [0.25, 0.3) is 0 Å². The van der Waals surface area contributed by atoms with Crippen molar-refractivity contribution < 1.29 is 17.9 Å². The number of sulfonamides is 1. The molecular formula is C22H27ClN2O4S. The minimum atomic E-state index is -3.51. The predicted molar refractivity (Wildman–Crippen MR) is 118 cm³/mol. The number of carbonyl (C=O) groups is 1. The molecule has 1 heterocycles. The van der Waals surface area contributed by atoms with Crippen LogP contribution >= 0.6 is 11.6 Å². The highest BCUT2D eigenvalue weighted by atomic mass is 35.5. The molecule has 1 fully saturated rings. The van der Waals surface area contributed by atoms with Crippen LogP contribution in [0, 0.1) is 5.92 Å². The number of ether oxygens (including phenoxy) is 1. The van der Waals surface area contributed by atoms with Crippen LogP contribution < -0.4 is 10.1 Å². The lowest BCUT2D eigenvalue weighted by Crippen LogP contribution is -2.45. The number of amides is 1. The number of benzene rings is 2. The van der Waals surface area contributed by atoms with Crippen molar-refractivity contribution in [3.05, 3.63) is 64.7 Å². The van der Waals surface area contributed by atoms with E-state index >= 15 is 0 Å². The Morgan fingerprint density at radius 1 is 1.20 bits per heavy atom. The lowest BCUT2D eigenvalue weighted by Gasteiger charge is -2.31. The number of nitrogens with zero attached hydrogens (tertiary/aromatic N) is 1. The van der Waals surface area contributed by atoms with Crippen molar-refractivity contribution in [3.8, 4) is 5.75 Å². The Balaban J connectivity index is 1.59. The van der Waals surface area contributed by atoms with Crippen LogP contribution in [-0.2, 0) is 27.1 Å². The highest BCUT2D eigenvalue weighted by Gasteiger charge is 2.32. The number of rotatable bonds is 8. The quantitative estimate of drug-likeness (QED) is 0.666. The Hall–Kier alpha value is -2.09. The van der Waals surface area contributed by atoms with Crippen molar-refractivity contribution in [3.63, 3.8) is 0 Å². The van der Waals surface area contributed by atoms with Crippen LogP contribution in [0.3, 0.4) is 0 Å². The molecule has 6 nitrogen and oxygen atoms in total. The Morgan fingerprint density at radius 3 is 2.67 bits per heavy atom. The van der Waals surface area contributed by atoms with Gasteiger partial charge in [-0.25, -0.2) is 12.7 Å². The summed E-state index contributed by atoms with van der Waals surface area (Å²) in [6.45, 7) is 3.45. The molecular weight excluding hydrogens is 424 g/mol. The van der Waals surface area contributed by atoms with E-state index in [1.54, 1.807) is 24.3 Å². The van der Waals surface area contributed by atoms with Gasteiger partial charge in [0.25, 0.3) is 0 Å². The molecule has 2 aromatic carbocycles. The second kappa shape index (κ2) is 10.3. The van der Waals surface area contributed by atoms with E-state index in [-0.39, 0.29) is 24.1 Å². The predicted octanol–water partition coefficient (Wildman–Crippen LogP) is 3.60. The van der Waals surface area contributed by atoms with E-state index in [2.05, 4.69) is 5.32 Å². The van der Waals surface area contributed by atoms with Gasteiger partial charge in [0.15, 0.2) is 0 Å². The number of carbonyl (C=O) groups excluding carboxylic acids is 1. The number of para-hydroxylation sites is 1. The van der Waals surface area contributed by atoms with Crippen molar-refractivity contribution in [1.82, 2.24) is 9.62 Å². The first-order valence-electron chi connectivity index (χ1n) is 10.1. The summed E-state index contributed by atoms with van der Waals surface area (Å²) in [7, 11) is -3.51. The molecule has 1 aliphatic heterocycles. The van der Waals surface area contributed by atoms with Gasteiger partial charge in [0.05, 0.1) is 18.3 Å². The van der Waals surface area contributed by atoms with Gasteiger partial charge in [0, 0.05) is 30.2 Å². The summed E-state index contributed by atoms with van der Waals surface area (Å²) in [6, 6.07) is 14.4. The van der Waals surface area contributed by atoms with E-state index in [4.69, 9.17) is 16.3 Å². The first-order valence-corrected chi connectivity index (χ1v) is 12.1. The van der Waals surface area contributed by atoms with Crippen LogP contribution in [-0.4, -0.2) is 38.3 Å². The lowest BCUT2D eigenvalue weighted by molar-refractivity contribution is -0.126. The van der Waals surface area contributed by atoms with Crippen LogP contribution in [0.4, 0.5) is 0 Å². The monoisotopic (exact) mass is 450 g/mol. The minimum Gasteiger partial charge on any atom is -0.494 e. The van der Waals surface area contributed by atoms with Gasteiger partial charge in [-0.3, -0.25) is 4.79 Å². The van der Waals surface area contributed by atoms with Crippen molar-refractivity contribution in [2.45, 2.75) is 32.1 Å². The van der Waals surface area contributed by atoms with Crippen molar-refractivity contribution >= 4 is 27.5 Å². The van der Waals surface area contributed by atoms with Gasteiger partial charge in [-0.15, -0.1) is 0 Å². The second-order valence-corrected chi connectivity index (χ2v) is 9.74. The highest BCUT2D eigenvalue weighted by molar-refractivity contribution is 7.88. The number of hydrogen-bond donors (Lipinski definition) is 1. The first-order chi connectivity index (χ1) is 14.4. The fourth-order valence-electron chi connectivity index (χ4n) is 3.56. The van der Waals surface area contributed by atoms with E-state index in [0.29, 0.717) is 43.1 Å². The smallest absolute Gasteiger partial charge is 0.224 e. The normalized spacial score (nSPS) is 17.5. The van der Waals surface area contributed by atoms with Crippen molar-refractivity contribution in [2.24, 2.45) is 5.92 Å². The van der Waals surface area contributed by atoms with Crippen LogP contribution in [0.15, 0.2) is 48.5 Å². The number of hydrogen-bond acceptors (Lipinski definition) is 4.